The van der Waals surface area contributed by atoms with E-state index < -0.39 is 0 Å². The quantitative estimate of drug-likeness (QED) is 0.762. The fourth-order valence-corrected chi connectivity index (χ4v) is 2.14. The summed E-state index contributed by atoms with van der Waals surface area (Å²) in [6, 6.07) is 8.39. The minimum Gasteiger partial charge on any atom is -0.399 e. The van der Waals surface area contributed by atoms with E-state index >= 15 is 0 Å². The Morgan fingerprint density at radius 3 is 3.12 bits per heavy atom. The summed E-state index contributed by atoms with van der Waals surface area (Å²) in [5.74, 6) is 0. The number of nitrogen functional groups attached to an aromatic ring is 1. The minimum atomic E-state index is 0.268. The normalized spacial score (nSPS) is 22.2. The smallest absolute Gasteiger partial charge is 0.0722 e. The lowest BCUT2D eigenvalue weighted by atomic mass is 10.1. The molecular formula is C13H20N2O. The zero-order valence-electron chi connectivity index (χ0n) is 9.78. The third-order valence-corrected chi connectivity index (χ3v) is 3.13. The fraction of sp³-hybridized carbons (Fsp3) is 0.538. The Labute approximate surface area is 97.0 Å². The molecule has 0 radical (unpaired) electrons. The molecule has 2 atom stereocenters. The summed E-state index contributed by atoms with van der Waals surface area (Å²) in [5, 5.41) is 3.45. The van der Waals surface area contributed by atoms with Crippen LogP contribution in [0.1, 0.15) is 25.3 Å². The van der Waals surface area contributed by atoms with Gasteiger partial charge in [0.15, 0.2) is 0 Å². The van der Waals surface area contributed by atoms with E-state index in [1.54, 1.807) is 0 Å². The van der Waals surface area contributed by atoms with E-state index in [1.807, 2.05) is 24.3 Å². The lowest BCUT2D eigenvalue weighted by molar-refractivity contribution is 0.0315. The van der Waals surface area contributed by atoms with Gasteiger partial charge in [0.1, 0.15) is 0 Å². The number of anilines is 1. The van der Waals surface area contributed by atoms with Crippen molar-refractivity contribution in [1.82, 2.24) is 5.32 Å². The van der Waals surface area contributed by atoms with Gasteiger partial charge >= 0.3 is 0 Å². The Balaban J connectivity index is 1.82. The topological polar surface area (TPSA) is 47.3 Å². The number of hydrogen-bond acceptors (Lipinski definition) is 3. The molecule has 16 heavy (non-hydrogen) atoms. The lowest BCUT2D eigenvalue weighted by Crippen LogP contribution is -2.34. The Morgan fingerprint density at radius 1 is 1.56 bits per heavy atom. The molecule has 1 aromatic rings. The highest BCUT2D eigenvalue weighted by atomic mass is 16.5. The molecule has 1 aromatic carbocycles. The molecule has 1 aliphatic heterocycles. The maximum atomic E-state index is 5.85. The molecule has 3 nitrogen and oxygen atoms in total. The summed E-state index contributed by atoms with van der Waals surface area (Å²) in [4.78, 5) is 0. The number of rotatable bonds is 4. The Kier molecular flexibility index (Phi) is 3.80. The summed E-state index contributed by atoms with van der Waals surface area (Å²) < 4.78 is 5.85. The van der Waals surface area contributed by atoms with Crippen LogP contribution in [0.2, 0.25) is 0 Å². The third-order valence-electron chi connectivity index (χ3n) is 3.13. The highest BCUT2D eigenvalue weighted by molar-refractivity contribution is 5.40. The Bertz CT molecular complexity index is 334. The van der Waals surface area contributed by atoms with Crippen LogP contribution in [-0.2, 0) is 11.3 Å². The molecular weight excluding hydrogens is 200 g/mol. The van der Waals surface area contributed by atoms with Gasteiger partial charge in [0, 0.05) is 11.7 Å². The van der Waals surface area contributed by atoms with Gasteiger partial charge in [-0.25, -0.2) is 0 Å². The van der Waals surface area contributed by atoms with Gasteiger partial charge in [0.05, 0.1) is 12.7 Å². The summed E-state index contributed by atoms with van der Waals surface area (Å²) in [5.41, 5.74) is 7.66. The molecule has 1 fully saturated rings. The van der Waals surface area contributed by atoms with Gasteiger partial charge in [-0.2, -0.15) is 0 Å². The summed E-state index contributed by atoms with van der Waals surface area (Å²) >= 11 is 0. The predicted octanol–water partition coefficient (Wildman–Crippen LogP) is 1.93. The van der Waals surface area contributed by atoms with E-state index in [4.69, 9.17) is 10.5 Å². The molecule has 0 aromatic heterocycles. The zero-order chi connectivity index (χ0) is 11.4. The van der Waals surface area contributed by atoms with Crippen molar-refractivity contribution < 1.29 is 4.74 Å². The molecule has 0 bridgehead atoms. The molecule has 0 spiro atoms. The molecule has 0 aliphatic carbocycles. The van der Waals surface area contributed by atoms with E-state index in [0.717, 1.165) is 17.8 Å². The molecule has 88 valence electrons. The molecule has 2 rings (SSSR count). The zero-order valence-corrected chi connectivity index (χ0v) is 9.78. The monoisotopic (exact) mass is 220 g/mol. The van der Waals surface area contributed by atoms with Crippen molar-refractivity contribution in [2.45, 2.75) is 38.5 Å². The van der Waals surface area contributed by atoms with Crippen LogP contribution in [0.4, 0.5) is 5.69 Å². The van der Waals surface area contributed by atoms with Gasteiger partial charge < -0.3 is 15.8 Å². The number of benzene rings is 1. The van der Waals surface area contributed by atoms with Crippen molar-refractivity contribution >= 4 is 5.69 Å². The van der Waals surface area contributed by atoms with Crippen molar-refractivity contribution in [3.05, 3.63) is 29.8 Å². The molecule has 2 unspecified atom stereocenters. The van der Waals surface area contributed by atoms with Crippen LogP contribution < -0.4 is 11.1 Å². The Morgan fingerprint density at radius 2 is 2.44 bits per heavy atom. The SMILES string of the molecule is CC(OCc1cccc(N)c1)C1CCCN1. The molecule has 3 N–H and O–H groups in total. The van der Waals surface area contributed by atoms with Crippen molar-refractivity contribution in [3.8, 4) is 0 Å². The lowest BCUT2D eigenvalue weighted by Gasteiger charge is -2.20. The maximum Gasteiger partial charge on any atom is 0.0722 e. The second-order valence-corrected chi connectivity index (χ2v) is 4.46. The molecule has 0 saturated carbocycles. The van der Waals surface area contributed by atoms with Gasteiger partial charge in [-0.1, -0.05) is 12.1 Å². The molecule has 1 aliphatic rings. The van der Waals surface area contributed by atoms with E-state index in [2.05, 4.69) is 12.2 Å². The van der Waals surface area contributed by atoms with Crippen LogP contribution in [0.3, 0.4) is 0 Å². The second-order valence-electron chi connectivity index (χ2n) is 4.46. The summed E-state index contributed by atoms with van der Waals surface area (Å²) in [7, 11) is 0. The first-order valence-electron chi connectivity index (χ1n) is 5.95. The molecule has 3 heteroatoms. The van der Waals surface area contributed by atoms with Crippen LogP contribution in [0.25, 0.3) is 0 Å². The van der Waals surface area contributed by atoms with Crippen molar-refractivity contribution in [1.29, 1.82) is 0 Å². The maximum absolute atomic E-state index is 5.85. The fourth-order valence-electron chi connectivity index (χ4n) is 2.14. The first-order chi connectivity index (χ1) is 7.75. The van der Waals surface area contributed by atoms with Gasteiger partial charge in [-0.15, -0.1) is 0 Å². The van der Waals surface area contributed by atoms with E-state index in [0.29, 0.717) is 12.6 Å². The first kappa shape index (κ1) is 11.4. The molecule has 1 saturated heterocycles. The van der Waals surface area contributed by atoms with Crippen LogP contribution in [-0.4, -0.2) is 18.7 Å². The number of nitrogens with two attached hydrogens (primary N) is 1. The first-order valence-corrected chi connectivity index (χ1v) is 5.95. The highest BCUT2D eigenvalue weighted by Gasteiger charge is 2.21. The van der Waals surface area contributed by atoms with Gasteiger partial charge in [-0.3, -0.25) is 0 Å². The predicted molar refractivity (Wildman–Crippen MR) is 66.1 cm³/mol. The number of hydrogen-bond donors (Lipinski definition) is 2. The summed E-state index contributed by atoms with van der Waals surface area (Å²) in [6.45, 7) is 3.90. The van der Waals surface area contributed by atoms with Crippen molar-refractivity contribution in [2.75, 3.05) is 12.3 Å². The van der Waals surface area contributed by atoms with Gasteiger partial charge in [0.25, 0.3) is 0 Å². The number of ether oxygens (including phenoxy) is 1. The average Bonchev–Trinajstić information content (AvgIpc) is 2.79. The largest absolute Gasteiger partial charge is 0.399 e. The van der Waals surface area contributed by atoms with Crippen molar-refractivity contribution in [3.63, 3.8) is 0 Å². The van der Waals surface area contributed by atoms with Crippen molar-refractivity contribution in [2.24, 2.45) is 0 Å². The molecule has 0 amide bonds. The highest BCUT2D eigenvalue weighted by Crippen LogP contribution is 2.14. The minimum absolute atomic E-state index is 0.268. The summed E-state index contributed by atoms with van der Waals surface area (Å²) in [6.07, 6.45) is 2.75. The van der Waals surface area contributed by atoms with E-state index in [1.165, 1.54) is 12.8 Å². The van der Waals surface area contributed by atoms with E-state index in [9.17, 15) is 0 Å². The van der Waals surface area contributed by atoms with Crippen LogP contribution >= 0.6 is 0 Å². The second kappa shape index (κ2) is 5.32. The van der Waals surface area contributed by atoms with E-state index in [-0.39, 0.29) is 6.10 Å². The van der Waals surface area contributed by atoms with Gasteiger partial charge in [-0.05, 0) is 44.0 Å². The van der Waals surface area contributed by atoms with Crippen LogP contribution in [0.15, 0.2) is 24.3 Å². The standard InChI is InChI=1S/C13H20N2O/c1-10(13-6-3-7-15-13)16-9-11-4-2-5-12(14)8-11/h2,4-5,8,10,13,15H,3,6-7,9,14H2,1H3. The van der Waals surface area contributed by atoms with Gasteiger partial charge in [0.2, 0.25) is 0 Å². The average molecular weight is 220 g/mol. The van der Waals surface area contributed by atoms with Crippen LogP contribution in [0, 0.1) is 0 Å². The number of nitrogens with one attached hydrogen (secondary N) is 1. The van der Waals surface area contributed by atoms with Crippen LogP contribution in [0.5, 0.6) is 0 Å². The molecule has 1 heterocycles. The Hall–Kier alpha value is -1.06. The third kappa shape index (κ3) is 2.97.